The van der Waals surface area contributed by atoms with Crippen LogP contribution in [0.2, 0.25) is 0 Å². The zero-order valence-electron chi connectivity index (χ0n) is 12.6. The van der Waals surface area contributed by atoms with E-state index in [1.54, 1.807) is 0 Å². The van der Waals surface area contributed by atoms with Gasteiger partial charge in [-0.2, -0.15) is 0 Å². The summed E-state index contributed by atoms with van der Waals surface area (Å²) in [5.41, 5.74) is 0.0826. The number of rotatable bonds is 4. The van der Waals surface area contributed by atoms with Gasteiger partial charge in [0, 0.05) is 5.54 Å². The molecule has 1 aromatic heterocycles. The van der Waals surface area contributed by atoms with Crippen LogP contribution in [0, 0.1) is 17.8 Å². The van der Waals surface area contributed by atoms with Crippen molar-refractivity contribution >= 4 is 17.2 Å². The van der Waals surface area contributed by atoms with Crippen LogP contribution in [-0.4, -0.2) is 18.1 Å². The summed E-state index contributed by atoms with van der Waals surface area (Å²) in [4.78, 5) is 13.4. The van der Waals surface area contributed by atoms with E-state index in [9.17, 15) is 4.79 Å². The third kappa shape index (κ3) is 2.37. The smallest absolute Gasteiger partial charge is 0.265 e. The number of amides is 1. The van der Waals surface area contributed by atoms with Crippen LogP contribution in [0.5, 0.6) is 5.75 Å². The molecule has 21 heavy (non-hydrogen) atoms. The van der Waals surface area contributed by atoms with Crippen LogP contribution in [-0.2, 0) is 0 Å². The van der Waals surface area contributed by atoms with Crippen molar-refractivity contribution in [2.45, 2.75) is 51.0 Å². The Balaban J connectivity index is 1.53. The van der Waals surface area contributed by atoms with Crippen LogP contribution >= 0.6 is 11.3 Å². The molecule has 1 N–H and O–H groups in total. The van der Waals surface area contributed by atoms with Gasteiger partial charge in [0.25, 0.3) is 5.91 Å². The van der Waals surface area contributed by atoms with Gasteiger partial charge in [0.05, 0.1) is 6.61 Å². The molecule has 4 aliphatic carbocycles. The number of ether oxygens (including phenoxy) is 1. The van der Waals surface area contributed by atoms with Crippen LogP contribution in [0.3, 0.4) is 0 Å². The van der Waals surface area contributed by atoms with Gasteiger partial charge >= 0.3 is 0 Å². The van der Waals surface area contributed by atoms with Gasteiger partial charge in [-0.3, -0.25) is 4.79 Å². The summed E-state index contributed by atoms with van der Waals surface area (Å²) in [7, 11) is 0. The highest BCUT2D eigenvalue weighted by molar-refractivity contribution is 7.12. The molecule has 0 radical (unpaired) electrons. The first-order chi connectivity index (χ1) is 10.2. The predicted molar refractivity (Wildman–Crippen MR) is 83.9 cm³/mol. The summed E-state index contributed by atoms with van der Waals surface area (Å²) < 4.78 is 5.57. The fourth-order valence-electron chi connectivity index (χ4n) is 5.29. The lowest BCUT2D eigenvalue weighted by atomic mass is 9.53. The van der Waals surface area contributed by atoms with Crippen molar-refractivity contribution in [3.05, 3.63) is 16.3 Å². The van der Waals surface area contributed by atoms with Gasteiger partial charge < -0.3 is 10.1 Å². The monoisotopic (exact) mass is 305 g/mol. The molecule has 4 bridgehead atoms. The van der Waals surface area contributed by atoms with Gasteiger partial charge in [-0.25, -0.2) is 0 Å². The maximum atomic E-state index is 12.7. The molecule has 4 fully saturated rings. The zero-order chi connectivity index (χ0) is 14.4. The molecule has 3 nitrogen and oxygen atoms in total. The van der Waals surface area contributed by atoms with Crippen molar-refractivity contribution in [2.24, 2.45) is 17.8 Å². The molecule has 1 heterocycles. The number of carbonyl (C=O) groups excluding carboxylic acids is 1. The highest BCUT2D eigenvalue weighted by Crippen LogP contribution is 2.55. The van der Waals surface area contributed by atoms with E-state index in [4.69, 9.17) is 4.74 Å². The Labute approximate surface area is 130 Å². The molecule has 1 amide bonds. The normalized spacial score (nSPS) is 36.7. The Morgan fingerprint density at radius 2 is 1.90 bits per heavy atom. The van der Waals surface area contributed by atoms with Crippen LogP contribution < -0.4 is 10.1 Å². The second-order valence-electron chi connectivity index (χ2n) is 7.20. The fourth-order valence-corrected chi connectivity index (χ4v) is 6.02. The quantitative estimate of drug-likeness (QED) is 0.917. The molecule has 4 saturated carbocycles. The number of hydrogen-bond donors (Lipinski definition) is 1. The van der Waals surface area contributed by atoms with Crippen molar-refractivity contribution in [1.82, 2.24) is 5.32 Å². The first-order valence-electron chi connectivity index (χ1n) is 8.20. The van der Waals surface area contributed by atoms with Gasteiger partial charge in [0.1, 0.15) is 10.6 Å². The minimum Gasteiger partial charge on any atom is -0.492 e. The lowest BCUT2D eigenvalue weighted by Crippen LogP contribution is -2.59. The molecule has 0 unspecified atom stereocenters. The van der Waals surface area contributed by atoms with E-state index in [0.29, 0.717) is 6.61 Å². The van der Waals surface area contributed by atoms with Crippen LogP contribution in [0.1, 0.15) is 55.1 Å². The molecule has 0 aromatic carbocycles. The third-order valence-corrected chi connectivity index (χ3v) is 6.45. The van der Waals surface area contributed by atoms with E-state index < -0.39 is 0 Å². The summed E-state index contributed by atoms with van der Waals surface area (Å²) in [6, 6.07) is 1.91. The van der Waals surface area contributed by atoms with Crippen LogP contribution in [0.25, 0.3) is 0 Å². The maximum Gasteiger partial charge on any atom is 0.265 e. The van der Waals surface area contributed by atoms with E-state index in [0.717, 1.165) is 28.4 Å². The zero-order valence-corrected chi connectivity index (χ0v) is 13.4. The van der Waals surface area contributed by atoms with Gasteiger partial charge in [-0.1, -0.05) is 0 Å². The minimum absolute atomic E-state index is 0.0791. The van der Waals surface area contributed by atoms with Crippen molar-refractivity contribution in [3.8, 4) is 5.75 Å². The molecule has 4 heteroatoms. The Hall–Kier alpha value is -1.03. The van der Waals surface area contributed by atoms with Gasteiger partial charge in [-0.15, -0.1) is 11.3 Å². The van der Waals surface area contributed by atoms with Gasteiger partial charge in [0.15, 0.2) is 0 Å². The summed E-state index contributed by atoms with van der Waals surface area (Å²) in [5.74, 6) is 3.38. The molecule has 0 atom stereocenters. The molecule has 0 saturated heterocycles. The first kappa shape index (κ1) is 13.6. The van der Waals surface area contributed by atoms with E-state index in [1.807, 2.05) is 18.4 Å². The van der Waals surface area contributed by atoms with Gasteiger partial charge in [-0.05, 0) is 74.6 Å². The first-order valence-corrected chi connectivity index (χ1v) is 9.08. The number of nitrogens with one attached hydrogen (secondary N) is 1. The molecule has 5 rings (SSSR count). The SMILES string of the molecule is CCOc1ccsc1C(=O)NC12CC3CC(CC(C3)C1)C2. The van der Waals surface area contributed by atoms with Crippen molar-refractivity contribution in [1.29, 1.82) is 0 Å². The highest BCUT2D eigenvalue weighted by atomic mass is 32.1. The predicted octanol–water partition coefficient (Wildman–Crippen LogP) is 3.85. The lowest BCUT2D eigenvalue weighted by molar-refractivity contribution is -0.0166. The second-order valence-corrected chi connectivity index (χ2v) is 8.12. The van der Waals surface area contributed by atoms with Crippen LogP contribution in [0.15, 0.2) is 11.4 Å². The van der Waals surface area contributed by atoms with E-state index in [2.05, 4.69) is 5.32 Å². The lowest BCUT2D eigenvalue weighted by Gasteiger charge is -2.56. The van der Waals surface area contributed by atoms with E-state index >= 15 is 0 Å². The van der Waals surface area contributed by atoms with Gasteiger partial charge in [0.2, 0.25) is 0 Å². The van der Waals surface area contributed by atoms with E-state index in [1.165, 1.54) is 49.9 Å². The minimum atomic E-state index is 0.0791. The molecular formula is C17H23NO2S. The van der Waals surface area contributed by atoms with Crippen molar-refractivity contribution < 1.29 is 9.53 Å². The van der Waals surface area contributed by atoms with Crippen LogP contribution in [0.4, 0.5) is 0 Å². The topological polar surface area (TPSA) is 38.3 Å². The molecule has 0 spiro atoms. The van der Waals surface area contributed by atoms with E-state index in [-0.39, 0.29) is 11.4 Å². The summed E-state index contributed by atoms with van der Waals surface area (Å²) in [5, 5.41) is 5.36. The largest absolute Gasteiger partial charge is 0.492 e. The Morgan fingerprint density at radius 1 is 1.29 bits per heavy atom. The average molecular weight is 305 g/mol. The summed E-state index contributed by atoms with van der Waals surface area (Å²) in [6.45, 7) is 2.56. The Morgan fingerprint density at radius 3 is 2.48 bits per heavy atom. The molecule has 0 aliphatic heterocycles. The second kappa shape index (κ2) is 5.01. The van der Waals surface area contributed by atoms with Crippen molar-refractivity contribution in [3.63, 3.8) is 0 Å². The highest BCUT2D eigenvalue weighted by Gasteiger charge is 2.51. The number of carbonyl (C=O) groups is 1. The molecule has 4 aliphatic rings. The standard InChI is InChI=1S/C17H23NO2S/c1-2-20-14-3-4-21-15(14)16(19)18-17-8-11-5-12(9-17)7-13(6-11)10-17/h3-4,11-13H,2,5-10H2,1H3,(H,18,19). The third-order valence-electron chi connectivity index (χ3n) is 5.55. The van der Waals surface area contributed by atoms with Crippen molar-refractivity contribution in [2.75, 3.05) is 6.61 Å². The molecule has 1 aromatic rings. The Bertz CT molecular complexity index is 515. The Kier molecular flexibility index (Phi) is 3.25. The molecular weight excluding hydrogens is 282 g/mol. The summed E-state index contributed by atoms with van der Waals surface area (Å²) in [6.07, 6.45) is 7.79. The number of thiophene rings is 1. The summed E-state index contributed by atoms with van der Waals surface area (Å²) >= 11 is 1.49. The number of hydrogen-bond acceptors (Lipinski definition) is 3. The average Bonchev–Trinajstić information content (AvgIpc) is 2.85. The fraction of sp³-hybridized carbons (Fsp3) is 0.706. The maximum absolute atomic E-state index is 12.7. The molecule has 114 valence electrons.